The molecule has 1 atom stereocenters. The van der Waals surface area contributed by atoms with Crippen LogP contribution < -0.4 is 0 Å². The van der Waals surface area contributed by atoms with E-state index in [0.717, 1.165) is 32.0 Å². The lowest BCUT2D eigenvalue weighted by Gasteiger charge is -2.42. The van der Waals surface area contributed by atoms with E-state index in [9.17, 15) is 5.11 Å². The van der Waals surface area contributed by atoms with Gasteiger partial charge in [0.2, 0.25) is 0 Å². The lowest BCUT2D eigenvalue weighted by molar-refractivity contribution is -0.151. The van der Waals surface area contributed by atoms with E-state index in [1.165, 1.54) is 0 Å². The fraction of sp³-hybridized carbons (Fsp3) is 0.857. The van der Waals surface area contributed by atoms with Crippen LogP contribution in [-0.2, 0) is 17.8 Å². The second-order valence-electron chi connectivity index (χ2n) is 6.60. The first-order valence-electron chi connectivity index (χ1n) is 7.27. The van der Waals surface area contributed by atoms with Gasteiger partial charge in [-0.1, -0.05) is 13.8 Å². The van der Waals surface area contributed by atoms with E-state index in [4.69, 9.17) is 4.74 Å². The highest BCUT2D eigenvalue weighted by Gasteiger charge is 2.33. The number of morpholine rings is 1. The van der Waals surface area contributed by atoms with Crippen LogP contribution in [0.15, 0.2) is 6.33 Å². The molecule has 0 saturated carbocycles. The number of aliphatic hydroxyl groups is 1. The summed E-state index contributed by atoms with van der Waals surface area (Å²) in [5.41, 5.74) is -0.242. The number of hydrogen-bond donors (Lipinski definition) is 1. The van der Waals surface area contributed by atoms with Crippen molar-refractivity contribution in [1.29, 1.82) is 0 Å². The molecule has 6 nitrogen and oxygen atoms in total. The van der Waals surface area contributed by atoms with Crippen molar-refractivity contribution in [2.45, 2.75) is 52.5 Å². The highest BCUT2D eigenvalue weighted by Crippen LogP contribution is 2.22. The Hall–Kier alpha value is -0.980. The van der Waals surface area contributed by atoms with Gasteiger partial charge in [0.25, 0.3) is 0 Å². The summed E-state index contributed by atoms with van der Waals surface area (Å²) in [6.45, 7) is 11.7. The number of ether oxygens (including phenoxy) is 1. The van der Waals surface area contributed by atoms with Gasteiger partial charge in [-0.25, -0.2) is 9.67 Å². The van der Waals surface area contributed by atoms with Crippen molar-refractivity contribution in [3.05, 3.63) is 12.2 Å². The smallest absolute Gasteiger partial charge is 0.141 e. The summed E-state index contributed by atoms with van der Waals surface area (Å²) in [5, 5.41) is 13.7. The van der Waals surface area contributed by atoms with Crippen molar-refractivity contribution in [3.8, 4) is 0 Å². The average molecular weight is 282 g/mol. The first-order valence-corrected chi connectivity index (χ1v) is 7.27. The molecule has 1 aromatic heterocycles. The van der Waals surface area contributed by atoms with Crippen LogP contribution in [0.2, 0.25) is 0 Å². The third-order valence-corrected chi connectivity index (χ3v) is 3.35. The fourth-order valence-corrected chi connectivity index (χ4v) is 2.74. The predicted molar refractivity (Wildman–Crippen MR) is 76.2 cm³/mol. The maximum absolute atomic E-state index is 9.36. The molecule has 114 valence electrons. The first-order chi connectivity index (χ1) is 9.39. The quantitative estimate of drug-likeness (QED) is 0.869. The molecule has 0 bridgehead atoms. The van der Waals surface area contributed by atoms with Gasteiger partial charge in [0.05, 0.1) is 24.9 Å². The molecular weight excluding hydrogens is 256 g/mol. The summed E-state index contributed by atoms with van der Waals surface area (Å²) in [6.07, 6.45) is 1.49. The summed E-state index contributed by atoms with van der Waals surface area (Å²) < 4.78 is 7.81. The third-order valence-electron chi connectivity index (χ3n) is 3.35. The maximum atomic E-state index is 9.36. The van der Waals surface area contributed by atoms with Crippen LogP contribution in [0.25, 0.3) is 0 Å². The van der Waals surface area contributed by atoms with E-state index in [1.54, 1.807) is 6.33 Å². The average Bonchev–Trinajstić information content (AvgIpc) is 2.73. The lowest BCUT2D eigenvalue weighted by Crippen LogP contribution is -2.53. The second kappa shape index (κ2) is 6.20. The first kappa shape index (κ1) is 15.4. The Morgan fingerprint density at radius 2 is 2.25 bits per heavy atom. The van der Waals surface area contributed by atoms with E-state index < -0.39 is 0 Å². The Morgan fingerprint density at radius 1 is 1.50 bits per heavy atom. The van der Waals surface area contributed by atoms with E-state index in [1.807, 2.05) is 4.68 Å². The number of aliphatic hydroxyl groups excluding tert-OH is 1. The minimum Gasteiger partial charge on any atom is -0.394 e. The summed E-state index contributed by atoms with van der Waals surface area (Å²) in [5.74, 6) is 1.52. The second-order valence-corrected chi connectivity index (χ2v) is 6.60. The van der Waals surface area contributed by atoms with E-state index in [2.05, 4.69) is 42.7 Å². The lowest BCUT2D eigenvalue weighted by atomic mass is 10.1. The minimum absolute atomic E-state index is 0.0542. The standard InChI is InChI=1S/C14H26N4O2/c1-11(2)5-18-13(15-10-16-18)7-17-6-12(8-19)20-14(3,4)9-17/h10-12,19H,5-9H2,1-4H3. The zero-order valence-electron chi connectivity index (χ0n) is 12.9. The van der Waals surface area contributed by atoms with Gasteiger partial charge < -0.3 is 9.84 Å². The molecule has 0 spiro atoms. The largest absolute Gasteiger partial charge is 0.394 e. The van der Waals surface area contributed by atoms with Gasteiger partial charge in [-0.05, 0) is 19.8 Å². The van der Waals surface area contributed by atoms with Gasteiger partial charge in [-0.3, -0.25) is 4.90 Å². The Labute approximate surface area is 120 Å². The normalized spacial score (nSPS) is 23.4. The molecule has 1 N–H and O–H groups in total. The van der Waals surface area contributed by atoms with Crippen LogP contribution >= 0.6 is 0 Å². The molecule has 1 aromatic rings. The number of aromatic nitrogens is 3. The van der Waals surface area contributed by atoms with E-state index >= 15 is 0 Å². The molecule has 6 heteroatoms. The van der Waals surface area contributed by atoms with E-state index in [-0.39, 0.29) is 18.3 Å². The van der Waals surface area contributed by atoms with Crippen LogP contribution in [0.5, 0.6) is 0 Å². The van der Waals surface area contributed by atoms with Crippen LogP contribution in [-0.4, -0.2) is 56.2 Å². The molecule has 1 saturated heterocycles. The van der Waals surface area contributed by atoms with Crippen molar-refractivity contribution in [3.63, 3.8) is 0 Å². The molecular formula is C14H26N4O2. The van der Waals surface area contributed by atoms with Crippen molar-refractivity contribution in [2.75, 3.05) is 19.7 Å². The molecule has 1 unspecified atom stereocenters. The van der Waals surface area contributed by atoms with Crippen LogP contribution in [0, 0.1) is 5.92 Å². The Morgan fingerprint density at radius 3 is 2.90 bits per heavy atom. The summed E-state index contributed by atoms with van der Waals surface area (Å²) >= 11 is 0. The zero-order chi connectivity index (χ0) is 14.8. The zero-order valence-corrected chi connectivity index (χ0v) is 12.9. The molecule has 0 aliphatic carbocycles. The molecule has 2 heterocycles. The molecule has 20 heavy (non-hydrogen) atoms. The SMILES string of the molecule is CC(C)Cn1ncnc1CN1CC(CO)OC(C)(C)C1. The fourth-order valence-electron chi connectivity index (χ4n) is 2.74. The molecule has 1 aliphatic rings. The van der Waals surface area contributed by atoms with Crippen LogP contribution in [0.4, 0.5) is 0 Å². The Bertz CT molecular complexity index is 431. The summed E-state index contributed by atoms with van der Waals surface area (Å²) in [7, 11) is 0. The van der Waals surface area contributed by atoms with Gasteiger partial charge in [0, 0.05) is 19.6 Å². The molecule has 1 fully saturated rings. The maximum Gasteiger partial charge on any atom is 0.141 e. The van der Waals surface area contributed by atoms with Crippen molar-refractivity contribution < 1.29 is 9.84 Å². The van der Waals surface area contributed by atoms with Crippen molar-refractivity contribution in [2.24, 2.45) is 5.92 Å². The third kappa shape index (κ3) is 4.01. The van der Waals surface area contributed by atoms with Crippen molar-refractivity contribution >= 4 is 0 Å². The number of hydrogen-bond acceptors (Lipinski definition) is 5. The summed E-state index contributed by atoms with van der Waals surface area (Å²) in [4.78, 5) is 6.65. The number of nitrogens with zero attached hydrogens (tertiary/aromatic N) is 4. The Kier molecular flexibility index (Phi) is 4.78. The number of rotatable bonds is 5. The van der Waals surface area contributed by atoms with E-state index in [0.29, 0.717) is 5.92 Å². The van der Waals surface area contributed by atoms with Crippen LogP contribution in [0.1, 0.15) is 33.5 Å². The predicted octanol–water partition coefficient (Wildman–Crippen LogP) is 0.906. The molecule has 0 amide bonds. The molecule has 0 radical (unpaired) electrons. The monoisotopic (exact) mass is 282 g/mol. The van der Waals surface area contributed by atoms with Gasteiger partial charge >= 0.3 is 0 Å². The highest BCUT2D eigenvalue weighted by atomic mass is 16.5. The highest BCUT2D eigenvalue weighted by molar-refractivity contribution is 4.90. The van der Waals surface area contributed by atoms with Crippen molar-refractivity contribution in [1.82, 2.24) is 19.7 Å². The molecule has 0 aromatic carbocycles. The minimum atomic E-state index is -0.242. The molecule has 2 rings (SSSR count). The topological polar surface area (TPSA) is 63.4 Å². The van der Waals surface area contributed by atoms with Gasteiger partial charge in [-0.2, -0.15) is 5.10 Å². The Balaban J connectivity index is 2.03. The van der Waals surface area contributed by atoms with Gasteiger partial charge in [0.1, 0.15) is 12.2 Å². The van der Waals surface area contributed by atoms with Crippen LogP contribution in [0.3, 0.4) is 0 Å². The van der Waals surface area contributed by atoms with Gasteiger partial charge in [0.15, 0.2) is 0 Å². The molecule has 1 aliphatic heterocycles. The van der Waals surface area contributed by atoms with Gasteiger partial charge in [-0.15, -0.1) is 0 Å². The summed E-state index contributed by atoms with van der Waals surface area (Å²) in [6, 6.07) is 0.